The van der Waals surface area contributed by atoms with Crippen LogP contribution in [0.25, 0.3) is 11.1 Å². The average Bonchev–Trinajstić information content (AvgIpc) is 2.60. The first-order chi connectivity index (χ1) is 12.3. The van der Waals surface area contributed by atoms with Crippen LogP contribution < -0.4 is 5.32 Å². The summed E-state index contributed by atoms with van der Waals surface area (Å²) in [7, 11) is 0. The monoisotopic (exact) mass is 347 g/mol. The highest BCUT2D eigenvalue weighted by molar-refractivity contribution is 5.68. The van der Waals surface area contributed by atoms with E-state index in [-0.39, 0.29) is 0 Å². The lowest BCUT2D eigenvalue weighted by Crippen LogP contribution is -2.39. The lowest BCUT2D eigenvalue weighted by Gasteiger charge is -2.21. The van der Waals surface area contributed by atoms with Crippen LogP contribution in [0.4, 0.5) is 4.79 Å². The van der Waals surface area contributed by atoms with Crippen LogP contribution in [-0.2, 0) is 11.2 Å². The molecule has 2 aromatic rings. The van der Waals surface area contributed by atoms with Crippen molar-refractivity contribution in [2.45, 2.75) is 38.8 Å². The number of alkyl carbamates (subject to hydrolysis) is 1. The van der Waals surface area contributed by atoms with Gasteiger partial charge in [-0.1, -0.05) is 36.4 Å². The van der Waals surface area contributed by atoms with Gasteiger partial charge in [0.1, 0.15) is 11.6 Å². The number of hydrogen-bond donors (Lipinski definition) is 1. The average molecular weight is 347 g/mol. The van der Waals surface area contributed by atoms with Crippen molar-refractivity contribution in [1.82, 2.24) is 5.32 Å². The first-order valence-electron chi connectivity index (χ1n) is 8.29. The fourth-order valence-electron chi connectivity index (χ4n) is 2.38. The largest absolute Gasteiger partial charge is 0.444 e. The van der Waals surface area contributed by atoms with Crippen molar-refractivity contribution >= 4 is 6.09 Å². The Morgan fingerprint density at radius 2 is 1.58 bits per heavy atom. The number of hydrogen-bond acceptors (Lipinski definition) is 4. The molecule has 5 heteroatoms. The van der Waals surface area contributed by atoms with E-state index in [9.17, 15) is 10.1 Å². The molecular formula is C21H21N3O2. The summed E-state index contributed by atoms with van der Waals surface area (Å²) in [6.45, 7) is 5.32. The molecule has 0 aromatic heterocycles. The van der Waals surface area contributed by atoms with Crippen LogP contribution in [-0.4, -0.2) is 17.7 Å². The van der Waals surface area contributed by atoms with E-state index in [1.807, 2.05) is 36.4 Å². The minimum Gasteiger partial charge on any atom is -0.444 e. The van der Waals surface area contributed by atoms with E-state index in [0.29, 0.717) is 12.0 Å². The zero-order valence-corrected chi connectivity index (χ0v) is 15.1. The van der Waals surface area contributed by atoms with Gasteiger partial charge in [-0.15, -0.1) is 0 Å². The third-order valence-electron chi connectivity index (χ3n) is 3.59. The van der Waals surface area contributed by atoms with Gasteiger partial charge in [0.2, 0.25) is 0 Å². The Labute approximate surface area is 153 Å². The Morgan fingerprint density at radius 1 is 1.04 bits per heavy atom. The fraction of sp³-hybridized carbons (Fsp3) is 0.286. The molecule has 0 bridgehead atoms. The molecule has 0 spiro atoms. The smallest absolute Gasteiger partial charge is 0.408 e. The van der Waals surface area contributed by atoms with Gasteiger partial charge in [0.15, 0.2) is 0 Å². The van der Waals surface area contributed by atoms with Gasteiger partial charge in [0.25, 0.3) is 0 Å². The maximum atomic E-state index is 11.8. The molecule has 1 unspecified atom stereocenters. The fourth-order valence-corrected chi connectivity index (χ4v) is 2.38. The number of nitriles is 2. The quantitative estimate of drug-likeness (QED) is 0.898. The number of ether oxygens (including phenoxy) is 1. The highest BCUT2D eigenvalue weighted by atomic mass is 16.6. The van der Waals surface area contributed by atoms with Gasteiger partial charge in [0, 0.05) is 6.42 Å². The number of rotatable bonds is 4. The summed E-state index contributed by atoms with van der Waals surface area (Å²) in [6.07, 6.45) is -0.207. The van der Waals surface area contributed by atoms with Crippen LogP contribution in [0.15, 0.2) is 48.5 Å². The maximum Gasteiger partial charge on any atom is 0.408 e. The van der Waals surface area contributed by atoms with E-state index in [1.54, 1.807) is 32.9 Å². The van der Waals surface area contributed by atoms with Crippen LogP contribution in [0, 0.1) is 22.7 Å². The number of nitrogens with one attached hydrogen (secondary N) is 1. The second kappa shape index (κ2) is 8.18. The second-order valence-electron chi connectivity index (χ2n) is 6.92. The Kier molecular flexibility index (Phi) is 5.98. The maximum absolute atomic E-state index is 11.8. The van der Waals surface area contributed by atoms with Crippen molar-refractivity contribution in [3.05, 3.63) is 59.7 Å². The lowest BCUT2D eigenvalue weighted by atomic mass is 10.0. The minimum atomic E-state index is -0.661. The molecule has 0 aliphatic rings. The Balaban J connectivity index is 2.02. The van der Waals surface area contributed by atoms with Crippen molar-refractivity contribution in [3.8, 4) is 23.3 Å². The molecule has 1 atom stereocenters. The van der Waals surface area contributed by atoms with Crippen LogP contribution in [0.2, 0.25) is 0 Å². The molecule has 26 heavy (non-hydrogen) atoms. The normalized spacial score (nSPS) is 11.7. The van der Waals surface area contributed by atoms with Crippen molar-refractivity contribution in [3.63, 3.8) is 0 Å². The molecule has 0 aliphatic heterocycles. The number of benzene rings is 2. The SMILES string of the molecule is CC(C)(C)OC(=O)NC(C#N)Cc1ccc(-c2ccc(C#N)cc2)cc1. The molecule has 132 valence electrons. The van der Waals surface area contributed by atoms with Crippen LogP contribution in [0.1, 0.15) is 31.9 Å². The van der Waals surface area contributed by atoms with Crippen molar-refractivity contribution < 1.29 is 9.53 Å². The van der Waals surface area contributed by atoms with E-state index in [1.165, 1.54) is 0 Å². The summed E-state index contributed by atoms with van der Waals surface area (Å²) >= 11 is 0. The van der Waals surface area contributed by atoms with E-state index in [2.05, 4.69) is 17.5 Å². The summed E-state index contributed by atoms with van der Waals surface area (Å²) in [6, 6.07) is 18.6. The molecule has 1 amide bonds. The lowest BCUT2D eigenvalue weighted by molar-refractivity contribution is 0.0516. The van der Waals surface area contributed by atoms with Crippen molar-refractivity contribution in [1.29, 1.82) is 10.5 Å². The number of carbonyl (C=O) groups excluding carboxylic acids is 1. The standard InChI is InChI=1S/C21H21N3O2/c1-21(2,3)26-20(25)24-19(14-23)12-15-4-8-17(9-5-15)18-10-6-16(13-22)7-11-18/h4-11,19H,12H2,1-3H3,(H,24,25). The zero-order chi connectivity index (χ0) is 19.2. The van der Waals surface area contributed by atoms with Crippen LogP contribution in [0.5, 0.6) is 0 Å². The summed E-state index contributed by atoms with van der Waals surface area (Å²) < 4.78 is 5.18. The van der Waals surface area contributed by atoms with E-state index >= 15 is 0 Å². The summed E-state index contributed by atoms with van der Waals surface area (Å²) in [5.74, 6) is 0. The van der Waals surface area contributed by atoms with Gasteiger partial charge in [0.05, 0.1) is 17.7 Å². The predicted octanol–water partition coefficient (Wildman–Crippen LogP) is 4.18. The molecule has 0 fully saturated rings. The first-order valence-corrected chi connectivity index (χ1v) is 8.29. The zero-order valence-electron chi connectivity index (χ0n) is 15.1. The summed E-state index contributed by atoms with van der Waals surface area (Å²) in [5.41, 5.74) is 2.99. The predicted molar refractivity (Wildman–Crippen MR) is 99.1 cm³/mol. The highest BCUT2D eigenvalue weighted by Gasteiger charge is 2.19. The molecule has 5 nitrogen and oxygen atoms in total. The molecule has 2 aromatic carbocycles. The van der Waals surface area contributed by atoms with E-state index in [0.717, 1.165) is 16.7 Å². The number of amides is 1. The molecule has 0 aliphatic carbocycles. The van der Waals surface area contributed by atoms with Crippen LogP contribution in [0.3, 0.4) is 0 Å². The van der Waals surface area contributed by atoms with E-state index in [4.69, 9.17) is 10.00 Å². The van der Waals surface area contributed by atoms with Gasteiger partial charge >= 0.3 is 6.09 Å². The van der Waals surface area contributed by atoms with Gasteiger partial charge in [-0.25, -0.2) is 4.79 Å². The Morgan fingerprint density at radius 3 is 2.04 bits per heavy atom. The van der Waals surface area contributed by atoms with Gasteiger partial charge in [-0.05, 0) is 49.6 Å². The first kappa shape index (κ1) is 19.0. The Hall–Kier alpha value is -3.31. The number of nitrogens with zero attached hydrogens (tertiary/aromatic N) is 2. The number of carbonyl (C=O) groups is 1. The topological polar surface area (TPSA) is 85.9 Å². The van der Waals surface area contributed by atoms with Crippen LogP contribution >= 0.6 is 0 Å². The Bertz CT molecular complexity index is 835. The molecule has 2 rings (SSSR count). The third-order valence-corrected chi connectivity index (χ3v) is 3.59. The molecule has 0 radical (unpaired) electrons. The third kappa shape index (κ3) is 5.65. The second-order valence-corrected chi connectivity index (χ2v) is 6.92. The van der Waals surface area contributed by atoms with E-state index < -0.39 is 17.7 Å². The van der Waals surface area contributed by atoms with Crippen molar-refractivity contribution in [2.24, 2.45) is 0 Å². The van der Waals surface area contributed by atoms with Crippen molar-refractivity contribution in [2.75, 3.05) is 0 Å². The molecule has 0 heterocycles. The molecule has 0 saturated heterocycles. The molecule has 0 saturated carbocycles. The van der Waals surface area contributed by atoms with Gasteiger partial charge < -0.3 is 10.1 Å². The molecule has 1 N–H and O–H groups in total. The summed E-state index contributed by atoms with van der Waals surface area (Å²) in [5, 5.41) is 20.7. The van der Waals surface area contributed by atoms with Gasteiger partial charge in [-0.2, -0.15) is 10.5 Å². The highest BCUT2D eigenvalue weighted by Crippen LogP contribution is 2.20. The van der Waals surface area contributed by atoms with Gasteiger partial charge in [-0.3, -0.25) is 0 Å². The summed E-state index contributed by atoms with van der Waals surface area (Å²) in [4.78, 5) is 11.8. The minimum absolute atomic E-state index is 0.392. The molecular weight excluding hydrogens is 326 g/mol.